The van der Waals surface area contributed by atoms with Gasteiger partial charge in [-0.3, -0.25) is 9.59 Å². The highest BCUT2D eigenvalue weighted by atomic mass is 35.5. The molecule has 0 aromatic heterocycles. The van der Waals surface area contributed by atoms with Gasteiger partial charge in [0, 0.05) is 5.92 Å². The van der Waals surface area contributed by atoms with Crippen molar-refractivity contribution in [2.75, 3.05) is 11.5 Å². The summed E-state index contributed by atoms with van der Waals surface area (Å²) in [6.45, 7) is 2.67. The number of carbonyl (C=O) groups is 2. The highest BCUT2D eigenvalue weighted by molar-refractivity contribution is 6.33. The van der Waals surface area contributed by atoms with Gasteiger partial charge in [0.2, 0.25) is 11.8 Å². The summed E-state index contributed by atoms with van der Waals surface area (Å²) in [5.74, 6) is -1.02. The molecular weight excluding hydrogens is 422 g/mol. The highest BCUT2D eigenvalue weighted by Gasteiger charge is 2.67. The summed E-state index contributed by atoms with van der Waals surface area (Å²) in [7, 11) is 0. The van der Waals surface area contributed by atoms with E-state index < -0.39 is 16.7 Å². The third-order valence-corrected chi connectivity index (χ3v) is 7.72. The van der Waals surface area contributed by atoms with E-state index >= 15 is 0 Å². The molecule has 160 valence electrons. The third kappa shape index (κ3) is 2.39. The fraction of sp³-hybridized carbons (Fsp3) is 0.259. The van der Waals surface area contributed by atoms with Crippen molar-refractivity contribution >= 4 is 29.1 Å². The average Bonchev–Trinajstić information content (AvgIpc) is 3.10. The van der Waals surface area contributed by atoms with Crippen LogP contribution in [0, 0.1) is 11.8 Å². The molecule has 32 heavy (non-hydrogen) atoms. The Bertz CT molecular complexity index is 1200. The monoisotopic (exact) mass is 443 g/mol. The minimum absolute atomic E-state index is 0.179. The van der Waals surface area contributed by atoms with Crippen LogP contribution >= 0.6 is 11.6 Å². The lowest BCUT2D eigenvalue weighted by Crippen LogP contribution is -2.50. The Kier molecular flexibility index (Phi) is 4.25. The largest absolute Gasteiger partial charge is 0.494 e. The first-order valence-electron chi connectivity index (χ1n) is 11.1. The van der Waals surface area contributed by atoms with Crippen LogP contribution in [0.1, 0.15) is 41.5 Å². The van der Waals surface area contributed by atoms with E-state index in [1.807, 2.05) is 67.6 Å². The normalized spacial score (nSPS) is 27.2. The first kappa shape index (κ1) is 19.6. The third-order valence-electron chi connectivity index (χ3n) is 7.08. The lowest BCUT2D eigenvalue weighted by atomic mass is 9.54. The molecule has 1 saturated heterocycles. The highest BCUT2D eigenvalue weighted by Crippen LogP contribution is 2.65. The molecule has 2 atom stereocenters. The fourth-order valence-corrected chi connectivity index (χ4v) is 6.42. The predicted molar refractivity (Wildman–Crippen MR) is 123 cm³/mol. The van der Waals surface area contributed by atoms with Crippen molar-refractivity contribution in [1.29, 1.82) is 0 Å². The molecule has 0 N–H and O–H groups in total. The smallest absolute Gasteiger partial charge is 0.240 e. The number of alkyl halides is 1. The zero-order valence-corrected chi connectivity index (χ0v) is 18.4. The zero-order chi connectivity index (χ0) is 22.0. The maximum Gasteiger partial charge on any atom is 0.240 e. The van der Waals surface area contributed by atoms with Crippen LogP contribution in [-0.4, -0.2) is 18.4 Å². The van der Waals surface area contributed by atoms with E-state index in [1.54, 1.807) is 12.1 Å². The van der Waals surface area contributed by atoms with Gasteiger partial charge in [0.1, 0.15) is 10.6 Å². The molecule has 5 heteroatoms. The molecule has 1 aliphatic heterocycles. The summed E-state index contributed by atoms with van der Waals surface area (Å²) in [5.41, 5.74) is 4.55. The van der Waals surface area contributed by atoms with Crippen LogP contribution in [-0.2, 0) is 14.5 Å². The Hall–Kier alpha value is -3.11. The van der Waals surface area contributed by atoms with E-state index in [4.69, 9.17) is 16.3 Å². The molecule has 0 saturated carbocycles. The summed E-state index contributed by atoms with van der Waals surface area (Å²) in [6, 6.07) is 23.1. The Balaban J connectivity index is 1.48. The van der Waals surface area contributed by atoms with Crippen LogP contribution in [0.25, 0.3) is 0 Å². The molecule has 2 bridgehead atoms. The number of ether oxygens (including phenoxy) is 1. The SMILES string of the molecule is CCCOc1ccc(N2C(=O)[C@@H]3C4c5ccccc5C(Cl)(c5ccccc54)[C@@H]3C2=O)cc1. The topological polar surface area (TPSA) is 46.6 Å². The fourth-order valence-electron chi connectivity index (χ4n) is 5.85. The van der Waals surface area contributed by atoms with E-state index in [-0.39, 0.29) is 17.7 Å². The van der Waals surface area contributed by atoms with Crippen molar-refractivity contribution in [3.63, 3.8) is 0 Å². The van der Waals surface area contributed by atoms with Crippen LogP contribution in [0.5, 0.6) is 5.75 Å². The number of halogens is 1. The number of hydrogen-bond donors (Lipinski definition) is 0. The second kappa shape index (κ2) is 6.94. The molecule has 0 unspecified atom stereocenters. The van der Waals surface area contributed by atoms with Gasteiger partial charge in [0.05, 0.1) is 24.1 Å². The standard InChI is InChI=1S/C27H22ClNO3/c1-2-15-32-17-13-11-16(12-14-17)29-25(30)23-22-18-7-3-5-9-20(18)27(28,24(23)26(29)31)21-10-6-4-8-19(21)22/h3-14,22-24H,2,15H2,1H3/t22?,23-,24+,27?/m1/s1. The van der Waals surface area contributed by atoms with E-state index in [0.29, 0.717) is 12.3 Å². The summed E-state index contributed by atoms with van der Waals surface area (Å²) >= 11 is 7.44. The van der Waals surface area contributed by atoms with Crippen molar-refractivity contribution in [2.45, 2.75) is 24.1 Å². The van der Waals surface area contributed by atoms with Gasteiger partial charge in [0.15, 0.2) is 0 Å². The van der Waals surface area contributed by atoms with Gasteiger partial charge in [-0.05, 0) is 52.9 Å². The Morgan fingerprint density at radius 3 is 2.06 bits per heavy atom. The zero-order valence-electron chi connectivity index (χ0n) is 17.6. The Morgan fingerprint density at radius 1 is 0.875 bits per heavy atom. The van der Waals surface area contributed by atoms with Crippen molar-refractivity contribution in [3.8, 4) is 5.75 Å². The molecule has 1 heterocycles. The molecule has 0 spiro atoms. The van der Waals surface area contributed by atoms with Crippen LogP contribution in [0.4, 0.5) is 5.69 Å². The summed E-state index contributed by atoms with van der Waals surface area (Å²) in [6.07, 6.45) is 0.911. The lowest BCUT2D eigenvalue weighted by Gasteiger charge is -2.50. The number of carbonyl (C=O) groups excluding carboxylic acids is 2. The van der Waals surface area contributed by atoms with Crippen LogP contribution in [0.15, 0.2) is 72.8 Å². The number of imide groups is 1. The van der Waals surface area contributed by atoms with E-state index in [2.05, 4.69) is 0 Å². The number of hydrogen-bond acceptors (Lipinski definition) is 3. The summed E-state index contributed by atoms with van der Waals surface area (Å²) in [5, 5.41) is 0. The lowest BCUT2D eigenvalue weighted by molar-refractivity contribution is -0.122. The maximum absolute atomic E-state index is 13.8. The molecule has 3 aliphatic carbocycles. The molecule has 3 aromatic rings. The van der Waals surface area contributed by atoms with Crippen molar-refractivity contribution < 1.29 is 14.3 Å². The number of anilines is 1. The first-order valence-corrected chi connectivity index (χ1v) is 11.4. The summed E-state index contributed by atoms with van der Waals surface area (Å²) in [4.78, 5) is 27.9. The van der Waals surface area contributed by atoms with Gasteiger partial charge in [0.25, 0.3) is 0 Å². The molecule has 4 aliphatic rings. The van der Waals surface area contributed by atoms with Crippen LogP contribution in [0.2, 0.25) is 0 Å². The molecule has 0 radical (unpaired) electrons. The van der Waals surface area contributed by atoms with Gasteiger partial charge in [-0.1, -0.05) is 55.5 Å². The number of benzene rings is 3. The second-order valence-electron chi connectivity index (χ2n) is 8.72. The van der Waals surface area contributed by atoms with Gasteiger partial charge in [-0.25, -0.2) is 4.90 Å². The van der Waals surface area contributed by atoms with Crippen molar-refractivity contribution in [2.24, 2.45) is 11.8 Å². The minimum Gasteiger partial charge on any atom is -0.494 e. The van der Waals surface area contributed by atoms with Gasteiger partial charge in [-0.15, -0.1) is 11.6 Å². The predicted octanol–water partition coefficient (Wildman–Crippen LogP) is 5.22. The number of amides is 2. The minimum atomic E-state index is -1.06. The van der Waals surface area contributed by atoms with Crippen molar-refractivity contribution in [1.82, 2.24) is 0 Å². The number of rotatable bonds is 4. The van der Waals surface area contributed by atoms with E-state index in [0.717, 1.165) is 34.4 Å². The van der Waals surface area contributed by atoms with Crippen LogP contribution in [0.3, 0.4) is 0 Å². The molecule has 7 rings (SSSR count). The second-order valence-corrected chi connectivity index (χ2v) is 9.32. The van der Waals surface area contributed by atoms with Gasteiger partial charge < -0.3 is 4.74 Å². The van der Waals surface area contributed by atoms with Crippen LogP contribution < -0.4 is 9.64 Å². The first-order chi connectivity index (χ1) is 15.6. The average molecular weight is 444 g/mol. The summed E-state index contributed by atoms with van der Waals surface area (Å²) < 4.78 is 5.66. The van der Waals surface area contributed by atoms with E-state index in [9.17, 15) is 9.59 Å². The molecule has 3 aromatic carbocycles. The molecule has 1 fully saturated rings. The van der Waals surface area contributed by atoms with Gasteiger partial charge in [-0.2, -0.15) is 0 Å². The Labute approximate surface area is 191 Å². The molecule has 2 amide bonds. The van der Waals surface area contributed by atoms with Crippen molar-refractivity contribution in [3.05, 3.63) is 95.1 Å². The van der Waals surface area contributed by atoms with Gasteiger partial charge >= 0.3 is 0 Å². The quantitative estimate of drug-likeness (QED) is 0.410. The van der Waals surface area contributed by atoms with E-state index in [1.165, 1.54) is 4.90 Å². The molecule has 4 nitrogen and oxygen atoms in total. The Morgan fingerprint density at radius 2 is 1.47 bits per heavy atom. The maximum atomic E-state index is 13.8. The molecular formula is C27H22ClNO3. The number of nitrogens with zero attached hydrogens (tertiary/aromatic N) is 1.